The number of rotatable bonds is 5. The lowest BCUT2D eigenvalue weighted by molar-refractivity contribution is -0.139. The van der Waals surface area contributed by atoms with Crippen molar-refractivity contribution in [2.24, 2.45) is 12.5 Å². The first kappa shape index (κ1) is 16.2. The summed E-state index contributed by atoms with van der Waals surface area (Å²) in [5.41, 5.74) is 1.11. The molecule has 1 heterocycles. The van der Waals surface area contributed by atoms with Gasteiger partial charge in [-0.15, -0.1) is 0 Å². The van der Waals surface area contributed by atoms with Crippen LogP contribution in [0.15, 0.2) is 6.07 Å². The molecule has 0 aromatic carbocycles. The van der Waals surface area contributed by atoms with Crippen molar-refractivity contribution in [1.82, 2.24) is 15.1 Å². The first-order valence-electron chi connectivity index (χ1n) is 6.64. The molecule has 0 aliphatic heterocycles. The van der Waals surface area contributed by atoms with E-state index in [1.807, 2.05) is 27.7 Å². The number of carboxylic acids is 1. The van der Waals surface area contributed by atoms with Crippen molar-refractivity contribution in [1.29, 1.82) is 0 Å². The maximum atomic E-state index is 12.0. The van der Waals surface area contributed by atoms with Crippen LogP contribution in [0.4, 0.5) is 0 Å². The first-order valence-corrected chi connectivity index (χ1v) is 6.64. The quantitative estimate of drug-likeness (QED) is 0.861. The van der Waals surface area contributed by atoms with Gasteiger partial charge in [-0.2, -0.15) is 5.10 Å². The van der Waals surface area contributed by atoms with E-state index >= 15 is 0 Å². The average Bonchev–Trinajstić information content (AvgIpc) is 2.63. The molecule has 6 heteroatoms. The zero-order valence-corrected chi connectivity index (χ0v) is 12.7. The minimum Gasteiger partial charge on any atom is -0.480 e. The number of nitrogens with zero attached hydrogens (tertiary/aromatic N) is 2. The van der Waals surface area contributed by atoms with Gasteiger partial charge in [0.05, 0.1) is 0 Å². The van der Waals surface area contributed by atoms with Crippen molar-refractivity contribution in [2.45, 2.75) is 46.6 Å². The Bertz CT molecular complexity index is 481. The molecule has 0 aliphatic carbocycles. The summed E-state index contributed by atoms with van der Waals surface area (Å²) in [5, 5.41) is 15.8. The summed E-state index contributed by atoms with van der Waals surface area (Å²) in [5.74, 6) is -1.47. The summed E-state index contributed by atoms with van der Waals surface area (Å²) >= 11 is 0. The van der Waals surface area contributed by atoms with Crippen LogP contribution in [-0.2, 0) is 11.8 Å². The van der Waals surface area contributed by atoms with Gasteiger partial charge in [-0.05, 0) is 31.2 Å². The zero-order valence-electron chi connectivity index (χ0n) is 12.7. The normalized spacial score (nSPS) is 13.1. The van der Waals surface area contributed by atoms with E-state index in [1.165, 1.54) is 0 Å². The van der Waals surface area contributed by atoms with E-state index in [4.69, 9.17) is 0 Å². The highest BCUT2D eigenvalue weighted by Gasteiger charge is 2.24. The monoisotopic (exact) mass is 281 g/mol. The van der Waals surface area contributed by atoms with Crippen LogP contribution in [0, 0.1) is 12.3 Å². The number of carboxylic acid groups (broad SMARTS) is 1. The molecule has 0 saturated heterocycles. The number of nitrogens with one attached hydrogen (secondary N) is 1. The van der Waals surface area contributed by atoms with E-state index in [0.717, 1.165) is 5.69 Å². The number of carbonyl (C=O) groups excluding carboxylic acids is 1. The van der Waals surface area contributed by atoms with Gasteiger partial charge in [0.15, 0.2) is 0 Å². The number of hydrogen-bond acceptors (Lipinski definition) is 3. The Hall–Kier alpha value is -1.85. The topological polar surface area (TPSA) is 84.2 Å². The van der Waals surface area contributed by atoms with Gasteiger partial charge in [-0.3, -0.25) is 9.48 Å². The fourth-order valence-corrected chi connectivity index (χ4v) is 1.74. The Kier molecular flexibility index (Phi) is 4.92. The van der Waals surface area contributed by atoms with Crippen molar-refractivity contribution >= 4 is 11.9 Å². The standard InChI is InChI=1S/C14H23N3O3/c1-9-8-11(16-17(9)5)12(18)15-10(13(19)20)6-7-14(2,3)4/h8,10H,6-7H2,1-5H3,(H,15,18)(H,19,20). The summed E-state index contributed by atoms with van der Waals surface area (Å²) in [4.78, 5) is 23.2. The zero-order chi connectivity index (χ0) is 15.5. The lowest BCUT2D eigenvalue weighted by Crippen LogP contribution is -2.41. The summed E-state index contributed by atoms with van der Waals surface area (Å²) in [6, 6.07) is 0.752. The van der Waals surface area contributed by atoms with Crippen molar-refractivity contribution in [3.05, 3.63) is 17.5 Å². The number of hydrogen-bond donors (Lipinski definition) is 2. The van der Waals surface area contributed by atoms with Gasteiger partial charge in [0, 0.05) is 12.7 Å². The molecular formula is C14H23N3O3. The summed E-state index contributed by atoms with van der Waals surface area (Å²) < 4.78 is 1.58. The van der Waals surface area contributed by atoms with Crippen molar-refractivity contribution in [3.8, 4) is 0 Å². The highest BCUT2D eigenvalue weighted by atomic mass is 16.4. The van der Waals surface area contributed by atoms with E-state index in [9.17, 15) is 14.7 Å². The number of amides is 1. The second kappa shape index (κ2) is 6.07. The Morgan fingerprint density at radius 1 is 1.45 bits per heavy atom. The Morgan fingerprint density at radius 3 is 2.45 bits per heavy atom. The van der Waals surface area contributed by atoms with Gasteiger partial charge < -0.3 is 10.4 Å². The number of aryl methyl sites for hydroxylation is 2. The SMILES string of the molecule is Cc1cc(C(=O)NC(CCC(C)(C)C)C(=O)O)nn1C. The highest BCUT2D eigenvalue weighted by molar-refractivity contribution is 5.95. The Morgan fingerprint density at radius 2 is 2.05 bits per heavy atom. The third kappa shape index (κ3) is 4.68. The molecule has 2 N–H and O–H groups in total. The predicted molar refractivity (Wildman–Crippen MR) is 75.5 cm³/mol. The van der Waals surface area contributed by atoms with Crippen LogP contribution in [-0.4, -0.2) is 32.8 Å². The fourth-order valence-electron chi connectivity index (χ4n) is 1.74. The van der Waals surface area contributed by atoms with E-state index in [0.29, 0.717) is 12.8 Å². The van der Waals surface area contributed by atoms with E-state index in [-0.39, 0.29) is 11.1 Å². The number of aromatic nitrogens is 2. The van der Waals surface area contributed by atoms with Crippen molar-refractivity contribution in [2.75, 3.05) is 0 Å². The fraction of sp³-hybridized carbons (Fsp3) is 0.643. The van der Waals surface area contributed by atoms with Gasteiger partial charge >= 0.3 is 5.97 Å². The minimum atomic E-state index is -1.02. The predicted octanol–water partition coefficient (Wildman–Crippen LogP) is 1.74. The molecule has 1 unspecified atom stereocenters. The Balaban J connectivity index is 2.70. The van der Waals surface area contributed by atoms with Gasteiger partial charge in [0.1, 0.15) is 11.7 Å². The molecule has 112 valence electrons. The lowest BCUT2D eigenvalue weighted by Gasteiger charge is -2.21. The highest BCUT2D eigenvalue weighted by Crippen LogP contribution is 2.21. The lowest BCUT2D eigenvalue weighted by atomic mass is 9.88. The number of aliphatic carboxylic acids is 1. The molecule has 0 saturated carbocycles. The molecule has 0 spiro atoms. The molecule has 0 fully saturated rings. The van der Waals surface area contributed by atoms with Gasteiger partial charge in [-0.25, -0.2) is 4.79 Å². The molecule has 1 aromatic rings. The summed E-state index contributed by atoms with van der Waals surface area (Å²) in [7, 11) is 1.74. The molecule has 20 heavy (non-hydrogen) atoms. The van der Waals surface area contributed by atoms with E-state index in [1.54, 1.807) is 17.8 Å². The maximum absolute atomic E-state index is 12.0. The van der Waals surface area contributed by atoms with Crippen LogP contribution < -0.4 is 5.32 Å². The largest absolute Gasteiger partial charge is 0.480 e. The second-order valence-electron chi connectivity index (χ2n) is 6.26. The molecule has 0 radical (unpaired) electrons. The van der Waals surface area contributed by atoms with Gasteiger partial charge in [-0.1, -0.05) is 20.8 Å². The van der Waals surface area contributed by atoms with Crippen LogP contribution in [0.25, 0.3) is 0 Å². The molecule has 1 aromatic heterocycles. The van der Waals surface area contributed by atoms with Crippen LogP contribution >= 0.6 is 0 Å². The van der Waals surface area contributed by atoms with Crippen LogP contribution in [0.5, 0.6) is 0 Å². The van der Waals surface area contributed by atoms with Crippen LogP contribution in [0.3, 0.4) is 0 Å². The van der Waals surface area contributed by atoms with Crippen LogP contribution in [0.1, 0.15) is 49.8 Å². The van der Waals surface area contributed by atoms with Gasteiger partial charge in [0.25, 0.3) is 5.91 Å². The average molecular weight is 281 g/mol. The maximum Gasteiger partial charge on any atom is 0.326 e. The van der Waals surface area contributed by atoms with Crippen molar-refractivity contribution < 1.29 is 14.7 Å². The van der Waals surface area contributed by atoms with Gasteiger partial charge in [0.2, 0.25) is 0 Å². The molecule has 1 atom stereocenters. The Labute approximate surface area is 119 Å². The molecule has 0 bridgehead atoms. The smallest absolute Gasteiger partial charge is 0.326 e. The molecule has 0 aliphatic rings. The number of carbonyl (C=O) groups is 2. The first-order chi connectivity index (χ1) is 9.10. The summed E-state index contributed by atoms with van der Waals surface area (Å²) in [6.45, 7) is 7.94. The van der Waals surface area contributed by atoms with Crippen molar-refractivity contribution in [3.63, 3.8) is 0 Å². The van der Waals surface area contributed by atoms with E-state index in [2.05, 4.69) is 10.4 Å². The molecular weight excluding hydrogens is 258 g/mol. The third-order valence-corrected chi connectivity index (χ3v) is 3.13. The molecule has 1 amide bonds. The van der Waals surface area contributed by atoms with Crippen LogP contribution in [0.2, 0.25) is 0 Å². The molecule has 1 rings (SSSR count). The third-order valence-electron chi connectivity index (χ3n) is 3.13. The molecule has 6 nitrogen and oxygen atoms in total. The second-order valence-corrected chi connectivity index (χ2v) is 6.26. The minimum absolute atomic E-state index is 0.0278. The summed E-state index contributed by atoms with van der Waals surface area (Å²) in [6.07, 6.45) is 1.11. The van der Waals surface area contributed by atoms with E-state index < -0.39 is 17.9 Å².